The van der Waals surface area contributed by atoms with Crippen LogP contribution >= 0.6 is 0 Å². The van der Waals surface area contributed by atoms with Gasteiger partial charge in [0.2, 0.25) is 0 Å². The first kappa shape index (κ1) is 15.6. The van der Waals surface area contributed by atoms with Gasteiger partial charge in [-0.25, -0.2) is 4.79 Å². The first-order chi connectivity index (χ1) is 10.1. The molecule has 1 atom stereocenters. The second-order valence-corrected chi connectivity index (χ2v) is 5.77. The Morgan fingerprint density at radius 1 is 1.48 bits per heavy atom. The number of nitrogens with zero attached hydrogens (tertiary/aromatic N) is 1. The second-order valence-electron chi connectivity index (χ2n) is 5.77. The summed E-state index contributed by atoms with van der Waals surface area (Å²) in [5, 5.41) is 12.2. The standard InChI is InChI=1S/C16H25N3O2/c1-12-5-2-3-9-19(12)10-4-8-18-13-6-7-14(16(20)21)15(17)11-13/h6-7,11-12,18H,2-5,8-10,17H2,1H3,(H,20,21). The third-order valence-corrected chi connectivity index (χ3v) is 4.17. The van der Waals surface area contributed by atoms with E-state index in [2.05, 4.69) is 17.1 Å². The summed E-state index contributed by atoms with van der Waals surface area (Å²) in [5.41, 5.74) is 7.07. The summed E-state index contributed by atoms with van der Waals surface area (Å²) in [6.45, 7) is 5.49. The number of likely N-dealkylation sites (tertiary alicyclic amines) is 1. The molecule has 0 radical (unpaired) electrons. The molecule has 1 aliphatic heterocycles. The van der Waals surface area contributed by atoms with E-state index >= 15 is 0 Å². The average molecular weight is 291 g/mol. The predicted octanol–water partition coefficient (Wildman–Crippen LogP) is 2.64. The Labute approximate surface area is 126 Å². The number of hydrogen-bond donors (Lipinski definition) is 3. The van der Waals surface area contributed by atoms with Crippen molar-refractivity contribution in [2.45, 2.75) is 38.6 Å². The lowest BCUT2D eigenvalue weighted by Gasteiger charge is -2.33. The van der Waals surface area contributed by atoms with E-state index < -0.39 is 5.97 Å². The fourth-order valence-electron chi connectivity index (χ4n) is 2.87. The number of rotatable bonds is 6. The lowest BCUT2D eigenvalue weighted by atomic mass is 10.0. The minimum atomic E-state index is -0.988. The molecule has 1 unspecified atom stereocenters. The molecule has 21 heavy (non-hydrogen) atoms. The molecule has 2 rings (SSSR count). The summed E-state index contributed by atoms with van der Waals surface area (Å²) in [5.74, 6) is -0.988. The van der Waals surface area contributed by atoms with Crippen molar-refractivity contribution in [3.8, 4) is 0 Å². The zero-order valence-corrected chi connectivity index (χ0v) is 12.6. The van der Waals surface area contributed by atoms with Crippen LogP contribution < -0.4 is 11.1 Å². The lowest BCUT2D eigenvalue weighted by Crippen LogP contribution is -2.38. The maximum absolute atomic E-state index is 10.9. The van der Waals surface area contributed by atoms with Crippen molar-refractivity contribution in [2.75, 3.05) is 30.7 Å². The molecule has 1 fully saturated rings. The molecule has 0 saturated carbocycles. The van der Waals surface area contributed by atoms with Crippen molar-refractivity contribution >= 4 is 17.3 Å². The van der Waals surface area contributed by atoms with E-state index in [0.29, 0.717) is 11.7 Å². The van der Waals surface area contributed by atoms with Crippen LogP contribution in [0.4, 0.5) is 11.4 Å². The number of nitrogen functional groups attached to an aromatic ring is 1. The number of nitrogens with two attached hydrogens (primary N) is 1. The van der Waals surface area contributed by atoms with E-state index in [4.69, 9.17) is 10.8 Å². The van der Waals surface area contributed by atoms with E-state index in [-0.39, 0.29) is 5.56 Å². The van der Waals surface area contributed by atoms with Crippen LogP contribution in [0.25, 0.3) is 0 Å². The molecular weight excluding hydrogens is 266 g/mol. The number of carboxylic acid groups (broad SMARTS) is 1. The normalized spacial score (nSPS) is 19.4. The van der Waals surface area contributed by atoms with E-state index in [9.17, 15) is 4.79 Å². The van der Waals surface area contributed by atoms with Gasteiger partial charge in [-0.1, -0.05) is 6.42 Å². The number of benzene rings is 1. The Morgan fingerprint density at radius 2 is 2.29 bits per heavy atom. The summed E-state index contributed by atoms with van der Waals surface area (Å²) < 4.78 is 0. The summed E-state index contributed by atoms with van der Waals surface area (Å²) in [6.07, 6.45) is 5.04. The summed E-state index contributed by atoms with van der Waals surface area (Å²) in [7, 11) is 0. The van der Waals surface area contributed by atoms with Crippen molar-refractivity contribution < 1.29 is 9.90 Å². The van der Waals surface area contributed by atoms with Gasteiger partial charge in [0.1, 0.15) is 0 Å². The van der Waals surface area contributed by atoms with Crippen LogP contribution in [-0.4, -0.2) is 41.7 Å². The zero-order chi connectivity index (χ0) is 15.2. The fourth-order valence-corrected chi connectivity index (χ4v) is 2.87. The predicted molar refractivity (Wildman–Crippen MR) is 85.8 cm³/mol. The molecule has 1 heterocycles. The number of hydrogen-bond acceptors (Lipinski definition) is 4. The van der Waals surface area contributed by atoms with Gasteiger partial charge in [-0.15, -0.1) is 0 Å². The Balaban J connectivity index is 1.76. The Morgan fingerprint density at radius 3 is 2.95 bits per heavy atom. The monoisotopic (exact) mass is 291 g/mol. The van der Waals surface area contributed by atoms with Crippen LogP contribution in [0.3, 0.4) is 0 Å². The zero-order valence-electron chi connectivity index (χ0n) is 12.6. The van der Waals surface area contributed by atoms with Crippen LogP contribution in [0.15, 0.2) is 18.2 Å². The van der Waals surface area contributed by atoms with Gasteiger partial charge >= 0.3 is 5.97 Å². The Kier molecular flexibility index (Phi) is 5.44. The Hall–Kier alpha value is -1.75. The molecule has 116 valence electrons. The highest BCUT2D eigenvalue weighted by molar-refractivity contribution is 5.94. The largest absolute Gasteiger partial charge is 0.478 e. The van der Waals surface area contributed by atoms with Crippen LogP contribution in [0, 0.1) is 0 Å². The SMILES string of the molecule is CC1CCCCN1CCCNc1ccc(C(=O)O)c(N)c1. The van der Waals surface area contributed by atoms with E-state index in [1.54, 1.807) is 18.2 Å². The molecule has 4 N–H and O–H groups in total. The highest BCUT2D eigenvalue weighted by atomic mass is 16.4. The van der Waals surface area contributed by atoms with Gasteiger partial charge in [0, 0.05) is 30.5 Å². The summed E-state index contributed by atoms with van der Waals surface area (Å²) in [4.78, 5) is 13.4. The van der Waals surface area contributed by atoms with Crippen LogP contribution in [-0.2, 0) is 0 Å². The van der Waals surface area contributed by atoms with Crippen molar-refractivity contribution in [2.24, 2.45) is 0 Å². The number of carboxylic acids is 1. The van der Waals surface area contributed by atoms with Crippen LogP contribution in [0.5, 0.6) is 0 Å². The minimum absolute atomic E-state index is 0.155. The second kappa shape index (κ2) is 7.31. The Bertz CT molecular complexity index is 490. The number of nitrogens with one attached hydrogen (secondary N) is 1. The molecule has 1 aliphatic rings. The van der Waals surface area contributed by atoms with E-state index in [1.807, 2.05) is 0 Å². The molecule has 0 amide bonds. The molecule has 0 aliphatic carbocycles. The third-order valence-electron chi connectivity index (χ3n) is 4.17. The maximum atomic E-state index is 10.9. The topological polar surface area (TPSA) is 78.6 Å². The molecular formula is C16H25N3O2. The first-order valence-electron chi connectivity index (χ1n) is 7.68. The smallest absolute Gasteiger partial charge is 0.337 e. The number of piperidine rings is 1. The number of aromatic carboxylic acids is 1. The highest BCUT2D eigenvalue weighted by Crippen LogP contribution is 2.19. The average Bonchev–Trinajstić information content (AvgIpc) is 2.45. The molecule has 1 saturated heterocycles. The molecule has 0 bridgehead atoms. The fraction of sp³-hybridized carbons (Fsp3) is 0.562. The van der Waals surface area contributed by atoms with Gasteiger partial charge in [-0.05, 0) is 50.9 Å². The first-order valence-corrected chi connectivity index (χ1v) is 7.68. The third kappa shape index (κ3) is 4.36. The number of carbonyl (C=O) groups is 1. The van der Waals surface area contributed by atoms with E-state index in [1.165, 1.54) is 25.8 Å². The van der Waals surface area contributed by atoms with Gasteiger partial charge < -0.3 is 21.1 Å². The minimum Gasteiger partial charge on any atom is -0.478 e. The van der Waals surface area contributed by atoms with Gasteiger partial charge in [-0.2, -0.15) is 0 Å². The van der Waals surface area contributed by atoms with Gasteiger partial charge in [0.25, 0.3) is 0 Å². The van der Waals surface area contributed by atoms with Crippen LogP contribution in [0.1, 0.15) is 43.0 Å². The summed E-state index contributed by atoms with van der Waals surface area (Å²) >= 11 is 0. The summed E-state index contributed by atoms with van der Waals surface area (Å²) in [6, 6.07) is 5.70. The molecule has 1 aromatic carbocycles. The van der Waals surface area contributed by atoms with Crippen molar-refractivity contribution in [1.29, 1.82) is 0 Å². The van der Waals surface area contributed by atoms with Crippen molar-refractivity contribution in [3.05, 3.63) is 23.8 Å². The van der Waals surface area contributed by atoms with E-state index in [0.717, 1.165) is 25.2 Å². The maximum Gasteiger partial charge on any atom is 0.337 e. The number of anilines is 2. The molecule has 5 nitrogen and oxygen atoms in total. The highest BCUT2D eigenvalue weighted by Gasteiger charge is 2.17. The van der Waals surface area contributed by atoms with Crippen molar-refractivity contribution in [1.82, 2.24) is 4.90 Å². The molecule has 0 aromatic heterocycles. The van der Waals surface area contributed by atoms with Crippen LogP contribution in [0.2, 0.25) is 0 Å². The lowest BCUT2D eigenvalue weighted by molar-refractivity contribution is 0.0698. The van der Waals surface area contributed by atoms with Crippen molar-refractivity contribution in [3.63, 3.8) is 0 Å². The van der Waals surface area contributed by atoms with Gasteiger partial charge in [0.05, 0.1) is 5.56 Å². The molecule has 1 aromatic rings. The van der Waals surface area contributed by atoms with Gasteiger partial charge in [0.15, 0.2) is 0 Å². The molecule has 0 spiro atoms. The molecule has 5 heteroatoms. The van der Waals surface area contributed by atoms with Gasteiger partial charge in [-0.3, -0.25) is 0 Å². The quantitative estimate of drug-likeness (QED) is 0.555.